The molecule has 1 aliphatic rings. The Morgan fingerprint density at radius 3 is 3.00 bits per heavy atom. The van der Waals surface area contributed by atoms with E-state index in [1.807, 2.05) is 24.3 Å². The number of ether oxygens (including phenoxy) is 1. The zero-order chi connectivity index (χ0) is 14.2. The van der Waals surface area contributed by atoms with Gasteiger partial charge in [0, 0.05) is 10.9 Å². The second kappa shape index (κ2) is 4.70. The minimum absolute atomic E-state index is 0.00238. The monoisotopic (exact) mass is 281 g/mol. The molecular weight excluding hydrogens is 269 g/mol. The van der Waals surface area contributed by atoms with E-state index in [1.54, 1.807) is 6.07 Å². The maximum Gasteiger partial charge on any atom is 0.137 e. The summed E-state index contributed by atoms with van der Waals surface area (Å²) >= 11 is 0. The molecule has 0 saturated heterocycles. The van der Waals surface area contributed by atoms with Crippen LogP contribution in [0, 0.1) is 5.82 Å². The molecule has 0 aliphatic carbocycles. The highest BCUT2D eigenvalue weighted by Crippen LogP contribution is 2.34. The Morgan fingerprint density at radius 1 is 1.14 bits per heavy atom. The third kappa shape index (κ3) is 2.07. The molecule has 4 rings (SSSR count). The lowest BCUT2D eigenvalue weighted by Crippen LogP contribution is -2.13. The lowest BCUT2D eigenvalue weighted by molar-refractivity contribution is 0.339. The highest BCUT2D eigenvalue weighted by atomic mass is 19.1. The largest absolute Gasteiger partial charge is 0.491 e. The summed E-state index contributed by atoms with van der Waals surface area (Å²) in [6, 6.07) is 12.4. The van der Waals surface area contributed by atoms with Crippen LogP contribution in [0.2, 0.25) is 0 Å². The van der Waals surface area contributed by atoms with Gasteiger partial charge in [0.1, 0.15) is 30.3 Å². The van der Waals surface area contributed by atoms with Gasteiger partial charge in [0.25, 0.3) is 0 Å². The van der Waals surface area contributed by atoms with Crippen molar-refractivity contribution in [3.63, 3.8) is 0 Å². The number of hydrogen-bond acceptors (Lipinski definition) is 4. The first-order chi connectivity index (χ1) is 10.3. The molecule has 21 heavy (non-hydrogen) atoms. The maximum atomic E-state index is 13.5. The zero-order valence-electron chi connectivity index (χ0n) is 11.1. The summed E-state index contributed by atoms with van der Waals surface area (Å²) in [5.41, 5.74) is 1.79. The van der Waals surface area contributed by atoms with Crippen molar-refractivity contribution in [3.8, 4) is 5.75 Å². The summed E-state index contributed by atoms with van der Waals surface area (Å²) in [4.78, 5) is 8.39. The molecule has 1 aromatic heterocycles. The van der Waals surface area contributed by atoms with Crippen molar-refractivity contribution in [1.82, 2.24) is 9.97 Å². The minimum Gasteiger partial charge on any atom is -0.491 e. The van der Waals surface area contributed by atoms with Crippen LogP contribution >= 0.6 is 0 Å². The third-order valence-corrected chi connectivity index (χ3v) is 3.61. The van der Waals surface area contributed by atoms with Gasteiger partial charge in [-0.05, 0) is 24.3 Å². The molecule has 5 heteroatoms. The van der Waals surface area contributed by atoms with E-state index in [0.717, 1.165) is 11.3 Å². The molecule has 0 amide bonds. The molecule has 0 fully saturated rings. The Morgan fingerprint density at radius 2 is 2.05 bits per heavy atom. The van der Waals surface area contributed by atoms with E-state index >= 15 is 0 Å². The van der Waals surface area contributed by atoms with Gasteiger partial charge in [-0.15, -0.1) is 0 Å². The number of benzene rings is 2. The van der Waals surface area contributed by atoms with Crippen molar-refractivity contribution in [2.45, 2.75) is 6.04 Å². The summed E-state index contributed by atoms with van der Waals surface area (Å²) in [7, 11) is 0. The lowest BCUT2D eigenvalue weighted by atomic mass is 10.1. The number of para-hydroxylation sites is 1. The van der Waals surface area contributed by atoms with Gasteiger partial charge in [0.2, 0.25) is 0 Å². The fraction of sp³-hybridized carbons (Fsp3) is 0.125. The van der Waals surface area contributed by atoms with Crippen LogP contribution in [0.4, 0.5) is 10.2 Å². The van der Waals surface area contributed by atoms with Crippen LogP contribution in [0.25, 0.3) is 10.9 Å². The number of hydrogen-bond donors (Lipinski definition) is 1. The molecule has 2 aromatic carbocycles. The molecule has 1 N–H and O–H groups in total. The summed E-state index contributed by atoms with van der Waals surface area (Å²) in [6.45, 7) is 0.528. The van der Waals surface area contributed by atoms with Gasteiger partial charge in [-0.2, -0.15) is 0 Å². The van der Waals surface area contributed by atoms with E-state index in [0.29, 0.717) is 23.3 Å². The van der Waals surface area contributed by atoms with Gasteiger partial charge in [-0.3, -0.25) is 0 Å². The smallest absolute Gasteiger partial charge is 0.137 e. The average Bonchev–Trinajstić information content (AvgIpc) is 2.91. The van der Waals surface area contributed by atoms with E-state index in [9.17, 15) is 4.39 Å². The maximum absolute atomic E-state index is 13.5. The van der Waals surface area contributed by atoms with Crippen molar-refractivity contribution < 1.29 is 9.13 Å². The number of aromatic nitrogens is 2. The van der Waals surface area contributed by atoms with E-state index in [-0.39, 0.29) is 11.9 Å². The Bertz CT molecular complexity index is 821. The molecular formula is C16H12FN3O. The molecule has 1 aliphatic heterocycles. The van der Waals surface area contributed by atoms with Gasteiger partial charge in [0.05, 0.1) is 11.6 Å². The van der Waals surface area contributed by atoms with Crippen LogP contribution < -0.4 is 10.1 Å². The van der Waals surface area contributed by atoms with Crippen LogP contribution in [0.15, 0.2) is 48.8 Å². The summed E-state index contributed by atoms with van der Waals surface area (Å²) < 4.78 is 19.1. The molecule has 0 spiro atoms. The molecule has 2 heterocycles. The molecule has 0 radical (unpaired) electrons. The van der Waals surface area contributed by atoms with Crippen molar-refractivity contribution >= 4 is 16.7 Å². The van der Waals surface area contributed by atoms with Gasteiger partial charge in [0.15, 0.2) is 0 Å². The molecule has 1 unspecified atom stereocenters. The molecule has 0 saturated carbocycles. The quantitative estimate of drug-likeness (QED) is 0.782. The number of fused-ring (bicyclic) bond motifs is 2. The van der Waals surface area contributed by atoms with Crippen molar-refractivity contribution in [3.05, 3.63) is 60.2 Å². The van der Waals surface area contributed by atoms with Crippen LogP contribution in [0.1, 0.15) is 11.6 Å². The Kier molecular flexibility index (Phi) is 2.70. The number of rotatable bonds is 2. The molecule has 1 atom stereocenters. The van der Waals surface area contributed by atoms with E-state index in [4.69, 9.17) is 4.74 Å². The van der Waals surface area contributed by atoms with Crippen LogP contribution in [-0.4, -0.2) is 16.6 Å². The summed E-state index contributed by atoms with van der Waals surface area (Å²) in [6.07, 6.45) is 1.48. The average molecular weight is 281 g/mol. The first kappa shape index (κ1) is 12.1. The molecule has 0 bridgehead atoms. The second-order valence-corrected chi connectivity index (χ2v) is 4.93. The standard InChI is InChI=1S/C16H12FN3O/c17-10-5-6-13-12(7-10)16(19-9-18-13)20-14-8-21-15-4-2-1-3-11(14)15/h1-7,9,14H,8H2,(H,18,19,20). The predicted octanol–water partition coefficient (Wildman–Crippen LogP) is 3.31. The number of anilines is 1. The highest BCUT2D eigenvalue weighted by Gasteiger charge is 2.24. The van der Waals surface area contributed by atoms with E-state index in [1.165, 1.54) is 18.5 Å². The van der Waals surface area contributed by atoms with Gasteiger partial charge in [-0.25, -0.2) is 14.4 Å². The van der Waals surface area contributed by atoms with Crippen LogP contribution in [-0.2, 0) is 0 Å². The molecule has 4 nitrogen and oxygen atoms in total. The normalized spacial score (nSPS) is 16.5. The van der Waals surface area contributed by atoms with E-state index in [2.05, 4.69) is 15.3 Å². The Hall–Kier alpha value is -2.69. The predicted molar refractivity (Wildman–Crippen MR) is 77.8 cm³/mol. The first-order valence-electron chi connectivity index (χ1n) is 6.70. The van der Waals surface area contributed by atoms with Crippen LogP contribution in [0.5, 0.6) is 5.75 Å². The number of nitrogens with zero attached hydrogens (tertiary/aromatic N) is 2. The van der Waals surface area contributed by atoms with E-state index < -0.39 is 0 Å². The second-order valence-electron chi connectivity index (χ2n) is 4.93. The zero-order valence-corrected chi connectivity index (χ0v) is 11.1. The van der Waals surface area contributed by atoms with Crippen LogP contribution in [0.3, 0.4) is 0 Å². The van der Waals surface area contributed by atoms with Crippen molar-refractivity contribution in [2.75, 3.05) is 11.9 Å². The van der Waals surface area contributed by atoms with Crippen molar-refractivity contribution in [1.29, 1.82) is 0 Å². The molecule has 104 valence electrons. The van der Waals surface area contributed by atoms with Crippen molar-refractivity contribution in [2.24, 2.45) is 0 Å². The fourth-order valence-corrected chi connectivity index (χ4v) is 2.59. The van der Waals surface area contributed by atoms with Gasteiger partial charge in [-0.1, -0.05) is 18.2 Å². The highest BCUT2D eigenvalue weighted by molar-refractivity contribution is 5.89. The SMILES string of the molecule is Fc1ccc2ncnc(NC3COc4ccccc43)c2c1. The topological polar surface area (TPSA) is 47.0 Å². The Balaban J connectivity index is 1.74. The number of halogens is 1. The Labute approximate surface area is 120 Å². The lowest BCUT2D eigenvalue weighted by Gasteiger charge is -2.13. The van der Waals surface area contributed by atoms with Gasteiger partial charge < -0.3 is 10.1 Å². The minimum atomic E-state index is -0.302. The fourth-order valence-electron chi connectivity index (χ4n) is 2.59. The summed E-state index contributed by atoms with van der Waals surface area (Å²) in [5, 5.41) is 3.99. The molecule has 3 aromatic rings. The number of nitrogens with one attached hydrogen (secondary N) is 1. The van der Waals surface area contributed by atoms with Gasteiger partial charge >= 0.3 is 0 Å². The first-order valence-corrected chi connectivity index (χ1v) is 6.70. The third-order valence-electron chi connectivity index (χ3n) is 3.61. The summed E-state index contributed by atoms with van der Waals surface area (Å²) in [5.74, 6) is 1.19.